The number of nitrogen functional groups attached to an aromatic ring is 1. The van der Waals surface area contributed by atoms with Crippen LogP contribution in [0, 0.1) is 12.8 Å². The fraction of sp³-hybridized carbons (Fsp3) is 0.714. The van der Waals surface area contributed by atoms with E-state index in [4.69, 9.17) is 10.5 Å². The van der Waals surface area contributed by atoms with Gasteiger partial charge in [-0.05, 0) is 25.7 Å². The van der Waals surface area contributed by atoms with E-state index in [2.05, 4.69) is 21.9 Å². The first-order valence-corrected chi connectivity index (χ1v) is 7.03. The Morgan fingerprint density at radius 3 is 2.84 bits per heavy atom. The van der Waals surface area contributed by atoms with Crippen LogP contribution in [0.1, 0.15) is 31.2 Å². The third-order valence-electron chi connectivity index (χ3n) is 3.67. The van der Waals surface area contributed by atoms with Crippen LogP contribution >= 0.6 is 0 Å². The van der Waals surface area contributed by atoms with Crippen molar-refractivity contribution in [2.45, 2.75) is 33.1 Å². The molecule has 1 aliphatic heterocycles. The molecule has 19 heavy (non-hydrogen) atoms. The van der Waals surface area contributed by atoms with Gasteiger partial charge >= 0.3 is 0 Å². The van der Waals surface area contributed by atoms with Crippen LogP contribution in [0.15, 0.2) is 0 Å². The smallest absolute Gasteiger partial charge is 0.137 e. The molecule has 1 fully saturated rings. The molecule has 1 aromatic rings. The first-order chi connectivity index (χ1) is 9.11. The quantitative estimate of drug-likeness (QED) is 0.898. The monoisotopic (exact) mass is 264 g/mol. The Morgan fingerprint density at radius 2 is 2.21 bits per heavy atom. The van der Waals surface area contributed by atoms with Gasteiger partial charge in [0.05, 0.1) is 6.61 Å². The number of aryl methyl sites for hydroxylation is 1. The summed E-state index contributed by atoms with van der Waals surface area (Å²) in [6.07, 6.45) is 3.19. The van der Waals surface area contributed by atoms with Crippen molar-refractivity contribution in [2.75, 3.05) is 37.4 Å². The molecule has 106 valence electrons. The van der Waals surface area contributed by atoms with E-state index >= 15 is 0 Å². The van der Waals surface area contributed by atoms with Crippen molar-refractivity contribution >= 4 is 11.6 Å². The highest BCUT2D eigenvalue weighted by Crippen LogP contribution is 2.23. The van der Waals surface area contributed by atoms with Crippen molar-refractivity contribution in [2.24, 2.45) is 5.92 Å². The van der Waals surface area contributed by atoms with E-state index in [1.165, 1.54) is 6.42 Å². The Kier molecular flexibility index (Phi) is 4.58. The molecule has 0 saturated carbocycles. The lowest BCUT2D eigenvalue weighted by molar-refractivity contribution is 0.0576. The molecular weight excluding hydrogens is 240 g/mol. The Morgan fingerprint density at radius 1 is 1.42 bits per heavy atom. The fourth-order valence-corrected chi connectivity index (χ4v) is 2.52. The lowest BCUT2D eigenvalue weighted by atomic mass is 10.0. The zero-order valence-electron chi connectivity index (χ0n) is 12.1. The lowest BCUT2D eigenvalue weighted by Crippen LogP contribution is -2.32. The van der Waals surface area contributed by atoms with Gasteiger partial charge in [0.2, 0.25) is 0 Å². The molecule has 2 rings (SSSR count). The van der Waals surface area contributed by atoms with Crippen molar-refractivity contribution in [1.29, 1.82) is 0 Å². The average Bonchev–Trinajstić information content (AvgIpc) is 2.42. The minimum absolute atomic E-state index is 0.583. The normalized spacial score (nSPS) is 19.4. The summed E-state index contributed by atoms with van der Waals surface area (Å²) in [6.45, 7) is 6.74. The number of nitrogens with zero attached hydrogens (tertiary/aromatic N) is 3. The van der Waals surface area contributed by atoms with Crippen molar-refractivity contribution in [3.05, 3.63) is 11.4 Å². The van der Waals surface area contributed by atoms with Gasteiger partial charge in [0, 0.05) is 32.2 Å². The number of hydrogen-bond donors (Lipinski definition) is 1. The number of nitrogens with two attached hydrogens (primary N) is 1. The van der Waals surface area contributed by atoms with E-state index in [9.17, 15) is 0 Å². The third-order valence-corrected chi connectivity index (χ3v) is 3.67. The van der Waals surface area contributed by atoms with Crippen LogP contribution in [-0.4, -0.2) is 36.8 Å². The maximum Gasteiger partial charge on any atom is 0.137 e. The number of anilines is 2. The molecule has 5 heteroatoms. The predicted molar refractivity (Wildman–Crippen MR) is 77.4 cm³/mol. The molecule has 0 amide bonds. The average molecular weight is 264 g/mol. The maximum absolute atomic E-state index is 5.97. The largest absolute Gasteiger partial charge is 0.383 e. The van der Waals surface area contributed by atoms with Gasteiger partial charge in [-0.25, -0.2) is 9.97 Å². The highest BCUT2D eigenvalue weighted by Gasteiger charge is 2.19. The summed E-state index contributed by atoms with van der Waals surface area (Å²) in [6, 6.07) is 0. The minimum Gasteiger partial charge on any atom is -0.383 e. The SMILES string of the molecule is CCc1nc(N)c(C)c(N(C)CC2CCCOC2)n1. The van der Waals surface area contributed by atoms with Gasteiger partial charge in [-0.3, -0.25) is 0 Å². The molecule has 5 nitrogen and oxygen atoms in total. The van der Waals surface area contributed by atoms with Crippen LogP contribution in [0.3, 0.4) is 0 Å². The number of ether oxygens (including phenoxy) is 1. The second kappa shape index (κ2) is 6.19. The first-order valence-electron chi connectivity index (χ1n) is 7.03. The Bertz CT molecular complexity index is 430. The van der Waals surface area contributed by atoms with Crippen LogP contribution in [-0.2, 0) is 11.2 Å². The van der Waals surface area contributed by atoms with E-state index < -0.39 is 0 Å². The van der Waals surface area contributed by atoms with E-state index in [1.54, 1.807) is 0 Å². The van der Waals surface area contributed by atoms with E-state index in [0.29, 0.717) is 11.7 Å². The van der Waals surface area contributed by atoms with Gasteiger partial charge in [-0.15, -0.1) is 0 Å². The molecule has 0 aromatic carbocycles. The Labute approximate surface area is 115 Å². The summed E-state index contributed by atoms with van der Waals surface area (Å²) in [7, 11) is 2.07. The summed E-state index contributed by atoms with van der Waals surface area (Å²) in [4.78, 5) is 11.1. The summed E-state index contributed by atoms with van der Waals surface area (Å²) < 4.78 is 5.53. The second-order valence-corrected chi connectivity index (χ2v) is 5.29. The summed E-state index contributed by atoms with van der Waals surface area (Å²) in [5, 5.41) is 0. The molecule has 2 heterocycles. The maximum atomic E-state index is 5.97. The number of rotatable bonds is 4. The van der Waals surface area contributed by atoms with Crippen LogP contribution < -0.4 is 10.6 Å². The van der Waals surface area contributed by atoms with Gasteiger partial charge in [0.25, 0.3) is 0 Å². The minimum atomic E-state index is 0.583. The van der Waals surface area contributed by atoms with Gasteiger partial charge in [-0.2, -0.15) is 0 Å². The van der Waals surface area contributed by atoms with Crippen LogP contribution in [0.5, 0.6) is 0 Å². The molecule has 1 aromatic heterocycles. The van der Waals surface area contributed by atoms with E-state index in [1.807, 2.05) is 13.8 Å². The molecule has 1 saturated heterocycles. The van der Waals surface area contributed by atoms with Crippen molar-refractivity contribution in [3.8, 4) is 0 Å². The third kappa shape index (κ3) is 3.35. The molecule has 0 bridgehead atoms. The molecule has 1 unspecified atom stereocenters. The van der Waals surface area contributed by atoms with Crippen molar-refractivity contribution in [1.82, 2.24) is 9.97 Å². The second-order valence-electron chi connectivity index (χ2n) is 5.29. The molecule has 0 aliphatic carbocycles. The summed E-state index contributed by atoms with van der Waals surface area (Å²) in [5.41, 5.74) is 6.93. The summed E-state index contributed by atoms with van der Waals surface area (Å²) in [5.74, 6) is 2.94. The van der Waals surface area contributed by atoms with Gasteiger partial charge < -0.3 is 15.4 Å². The highest BCUT2D eigenvalue weighted by atomic mass is 16.5. The predicted octanol–water partition coefficient (Wildman–Crippen LogP) is 1.79. The van der Waals surface area contributed by atoms with Crippen LogP contribution in [0.25, 0.3) is 0 Å². The zero-order chi connectivity index (χ0) is 13.8. The van der Waals surface area contributed by atoms with Crippen molar-refractivity contribution < 1.29 is 4.74 Å². The van der Waals surface area contributed by atoms with Crippen molar-refractivity contribution in [3.63, 3.8) is 0 Å². The van der Waals surface area contributed by atoms with E-state index in [0.717, 1.165) is 49.8 Å². The van der Waals surface area contributed by atoms with Gasteiger partial charge in [-0.1, -0.05) is 6.92 Å². The molecular formula is C14H24N4O. The Hall–Kier alpha value is -1.36. The summed E-state index contributed by atoms with van der Waals surface area (Å²) >= 11 is 0. The number of aromatic nitrogens is 2. The van der Waals surface area contributed by atoms with E-state index in [-0.39, 0.29) is 0 Å². The molecule has 2 N–H and O–H groups in total. The lowest BCUT2D eigenvalue weighted by Gasteiger charge is -2.28. The molecule has 1 atom stereocenters. The standard InChI is InChI=1S/C14H24N4O/c1-4-12-16-13(15)10(2)14(17-12)18(3)8-11-6-5-7-19-9-11/h11H,4-9H2,1-3H3,(H2,15,16,17). The fourth-order valence-electron chi connectivity index (χ4n) is 2.52. The van der Waals surface area contributed by atoms with Gasteiger partial charge in [0.15, 0.2) is 0 Å². The molecule has 1 aliphatic rings. The van der Waals surface area contributed by atoms with Crippen LogP contribution in [0.4, 0.5) is 11.6 Å². The molecule has 0 spiro atoms. The zero-order valence-corrected chi connectivity index (χ0v) is 12.1. The highest BCUT2D eigenvalue weighted by molar-refractivity contribution is 5.56. The van der Waals surface area contributed by atoms with Gasteiger partial charge in [0.1, 0.15) is 17.5 Å². The first kappa shape index (κ1) is 14.1. The number of hydrogen-bond acceptors (Lipinski definition) is 5. The Balaban J connectivity index is 2.13. The topological polar surface area (TPSA) is 64.3 Å². The molecule has 0 radical (unpaired) electrons. The van der Waals surface area contributed by atoms with Crippen LogP contribution in [0.2, 0.25) is 0 Å².